The number of halogens is 1. The summed E-state index contributed by atoms with van der Waals surface area (Å²) in [5.41, 5.74) is 2.18. The molecule has 0 radical (unpaired) electrons. The number of anilines is 1. The molecule has 4 aromatic rings. The topological polar surface area (TPSA) is 94.8 Å². The van der Waals surface area contributed by atoms with Crippen LogP contribution in [0.1, 0.15) is 5.69 Å². The van der Waals surface area contributed by atoms with Crippen molar-refractivity contribution >= 4 is 56.8 Å². The van der Waals surface area contributed by atoms with Crippen LogP contribution in [0.4, 0.5) is 5.13 Å². The van der Waals surface area contributed by atoms with Gasteiger partial charge in [-0.2, -0.15) is 5.10 Å². The normalized spacial score (nSPS) is 12.2. The van der Waals surface area contributed by atoms with Crippen LogP contribution in [0.2, 0.25) is 5.02 Å². The van der Waals surface area contributed by atoms with Crippen molar-refractivity contribution in [3.63, 3.8) is 0 Å². The number of ether oxygens (including phenoxy) is 1. The molecule has 30 heavy (non-hydrogen) atoms. The Labute approximate surface area is 185 Å². The lowest BCUT2D eigenvalue weighted by Gasteiger charge is -2.14. The van der Waals surface area contributed by atoms with Crippen LogP contribution in [-0.2, 0) is 9.53 Å². The Morgan fingerprint density at radius 2 is 2.20 bits per heavy atom. The number of methoxy groups -OCH3 is 1. The number of aromatic nitrogens is 5. The third kappa shape index (κ3) is 4.31. The molecule has 3 aromatic heterocycles. The third-order valence-electron chi connectivity index (χ3n) is 4.12. The lowest BCUT2D eigenvalue weighted by Crippen LogP contribution is -2.29. The predicted octanol–water partition coefficient (Wildman–Crippen LogP) is 3.98. The number of thioether (sulfide) groups is 1. The van der Waals surface area contributed by atoms with E-state index in [0.717, 1.165) is 11.1 Å². The van der Waals surface area contributed by atoms with Crippen molar-refractivity contribution in [2.45, 2.75) is 17.2 Å². The van der Waals surface area contributed by atoms with E-state index >= 15 is 0 Å². The van der Waals surface area contributed by atoms with Crippen molar-refractivity contribution in [1.29, 1.82) is 0 Å². The molecule has 1 amide bonds. The van der Waals surface area contributed by atoms with Gasteiger partial charge in [0.05, 0.1) is 34.6 Å². The lowest BCUT2D eigenvalue weighted by molar-refractivity contribution is -0.116. The first-order chi connectivity index (χ1) is 14.6. The highest BCUT2D eigenvalue weighted by atomic mass is 35.5. The minimum atomic E-state index is -0.527. The Morgan fingerprint density at radius 1 is 1.37 bits per heavy atom. The van der Waals surface area contributed by atoms with Gasteiger partial charge in [0.1, 0.15) is 16.6 Å². The number of benzene rings is 1. The molecule has 1 atom stereocenters. The van der Waals surface area contributed by atoms with E-state index in [1.807, 2.05) is 30.5 Å². The summed E-state index contributed by atoms with van der Waals surface area (Å²) in [5.74, 6) is -0.207. The zero-order valence-corrected chi connectivity index (χ0v) is 18.5. The maximum atomic E-state index is 12.8. The van der Waals surface area contributed by atoms with Crippen molar-refractivity contribution in [3.8, 4) is 5.69 Å². The number of para-hydroxylation sites is 1. The summed E-state index contributed by atoms with van der Waals surface area (Å²) in [6.07, 6.45) is 3.12. The second-order valence-corrected chi connectivity index (χ2v) is 8.73. The van der Waals surface area contributed by atoms with Gasteiger partial charge in [0.25, 0.3) is 0 Å². The molecule has 154 valence electrons. The number of carbonyl (C=O) groups excluding carboxylic acids is 1. The van der Waals surface area contributed by atoms with E-state index < -0.39 is 5.25 Å². The summed E-state index contributed by atoms with van der Waals surface area (Å²) in [6.45, 7) is 2.09. The zero-order chi connectivity index (χ0) is 21.1. The summed E-state index contributed by atoms with van der Waals surface area (Å²) in [5, 5.41) is 11.1. The SMILES string of the molecule is COCC(Sc1ncnc2c1cnn2-c1ccccc1Cl)C(=O)Nc1nc(C)cs1. The summed E-state index contributed by atoms with van der Waals surface area (Å²) in [7, 11) is 1.55. The lowest BCUT2D eigenvalue weighted by atomic mass is 10.3. The van der Waals surface area contributed by atoms with Gasteiger partial charge in [-0.3, -0.25) is 4.79 Å². The summed E-state index contributed by atoms with van der Waals surface area (Å²) in [4.78, 5) is 25.8. The average molecular weight is 461 g/mol. The molecule has 8 nitrogen and oxygen atoms in total. The van der Waals surface area contributed by atoms with Gasteiger partial charge in [-0.1, -0.05) is 35.5 Å². The van der Waals surface area contributed by atoms with Crippen molar-refractivity contribution in [2.24, 2.45) is 0 Å². The van der Waals surface area contributed by atoms with Crippen LogP contribution < -0.4 is 5.32 Å². The molecule has 0 fully saturated rings. The van der Waals surface area contributed by atoms with Gasteiger partial charge in [0, 0.05) is 12.5 Å². The molecule has 4 rings (SSSR count). The smallest absolute Gasteiger partial charge is 0.242 e. The summed E-state index contributed by atoms with van der Waals surface area (Å²) < 4.78 is 6.92. The second kappa shape index (κ2) is 9.09. The largest absolute Gasteiger partial charge is 0.383 e. The van der Waals surface area contributed by atoms with Gasteiger partial charge in [-0.25, -0.2) is 19.6 Å². The van der Waals surface area contributed by atoms with Crippen molar-refractivity contribution in [3.05, 3.63) is 52.9 Å². The highest BCUT2D eigenvalue weighted by Crippen LogP contribution is 2.31. The molecule has 1 unspecified atom stereocenters. The number of carbonyl (C=O) groups is 1. The van der Waals surface area contributed by atoms with Gasteiger partial charge in [0.15, 0.2) is 10.8 Å². The van der Waals surface area contributed by atoms with E-state index in [1.165, 1.54) is 29.4 Å². The molecule has 0 aliphatic rings. The number of hydrogen-bond donors (Lipinski definition) is 1. The maximum Gasteiger partial charge on any atom is 0.242 e. The molecule has 0 bridgehead atoms. The molecule has 0 saturated carbocycles. The van der Waals surface area contributed by atoms with Crippen molar-refractivity contribution in [1.82, 2.24) is 24.7 Å². The quantitative estimate of drug-likeness (QED) is 0.329. The van der Waals surface area contributed by atoms with Crippen molar-refractivity contribution in [2.75, 3.05) is 19.0 Å². The fourth-order valence-electron chi connectivity index (χ4n) is 2.76. The molecular weight excluding hydrogens is 444 g/mol. The fraction of sp³-hybridized carbons (Fsp3) is 0.211. The highest BCUT2D eigenvalue weighted by Gasteiger charge is 2.24. The fourth-order valence-corrected chi connectivity index (χ4v) is 4.69. The van der Waals surface area contributed by atoms with Gasteiger partial charge in [-0.15, -0.1) is 11.3 Å². The van der Waals surface area contributed by atoms with Crippen LogP contribution >= 0.6 is 34.7 Å². The predicted molar refractivity (Wildman–Crippen MR) is 119 cm³/mol. The van der Waals surface area contributed by atoms with Gasteiger partial charge in [0.2, 0.25) is 5.91 Å². The number of hydrogen-bond acceptors (Lipinski definition) is 8. The van der Waals surface area contributed by atoms with Gasteiger partial charge < -0.3 is 10.1 Å². The number of fused-ring (bicyclic) bond motifs is 1. The number of thiazole rings is 1. The minimum Gasteiger partial charge on any atom is -0.383 e. The summed E-state index contributed by atoms with van der Waals surface area (Å²) in [6, 6.07) is 7.39. The average Bonchev–Trinajstić information content (AvgIpc) is 3.34. The van der Waals surface area contributed by atoms with Crippen LogP contribution in [0.15, 0.2) is 47.2 Å². The van der Waals surface area contributed by atoms with Gasteiger partial charge in [-0.05, 0) is 19.1 Å². The number of amides is 1. The Kier molecular flexibility index (Phi) is 6.28. The number of nitrogens with zero attached hydrogens (tertiary/aromatic N) is 5. The van der Waals surface area contributed by atoms with Crippen LogP contribution in [0.3, 0.4) is 0 Å². The van der Waals surface area contributed by atoms with Crippen molar-refractivity contribution < 1.29 is 9.53 Å². The van der Waals surface area contributed by atoms with Crippen LogP contribution in [0, 0.1) is 6.92 Å². The molecule has 0 aliphatic heterocycles. The Hall–Kier alpha value is -2.53. The Bertz CT molecular complexity index is 1190. The van der Waals surface area contributed by atoms with Crippen LogP contribution in [0.25, 0.3) is 16.7 Å². The molecule has 1 N–H and O–H groups in total. The molecule has 0 spiro atoms. The van der Waals surface area contributed by atoms with Crippen LogP contribution in [0.5, 0.6) is 0 Å². The molecule has 11 heteroatoms. The van der Waals surface area contributed by atoms with E-state index in [0.29, 0.717) is 26.5 Å². The molecule has 3 heterocycles. The van der Waals surface area contributed by atoms with E-state index in [-0.39, 0.29) is 12.5 Å². The molecule has 1 aromatic carbocycles. The molecule has 0 aliphatic carbocycles. The van der Waals surface area contributed by atoms with E-state index in [2.05, 4.69) is 25.4 Å². The minimum absolute atomic E-state index is 0.207. The number of rotatable bonds is 7. The summed E-state index contributed by atoms with van der Waals surface area (Å²) >= 11 is 8.99. The molecule has 0 saturated heterocycles. The Morgan fingerprint density at radius 3 is 2.93 bits per heavy atom. The zero-order valence-electron chi connectivity index (χ0n) is 16.1. The van der Waals surface area contributed by atoms with Gasteiger partial charge >= 0.3 is 0 Å². The standard InChI is InChI=1S/C19H17ClN6O2S2/c1-11-9-29-19(24-11)25-17(27)15(8-28-2)30-18-12-7-23-26(16(12)21-10-22-18)14-6-4-3-5-13(14)20/h3-7,9-10,15H,8H2,1-2H3,(H,24,25,27). The van der Waals surface area contributed by atoms with E-state index in [1.54, 1.807) is 24.1 Å². The first-order valence-electron chi connectivity index (χ1n) is 8.89. The number of nitrogens with one attached hydrogen (secondary N) is 1. The third-order valence-corrected chi connectivity index (χ3v) is 6.50. The number of aryl methyl sites for hydroxylation is 1. The first kappa shape index (κ1) is 20.7. The highest BCUT2D eigenvalue weighted by molar-refractivity contribution is 8.00. The van der Waals surface area contributed by atoms with Crippen LogP contribution in [-0.4, -0.2) is 49.6 Å². The second-order valence-electron chi connectivity index (χ2n) is 6.27. The Balaban J connectivity index is 1.63. The monoisotopic (exact) mass is 460 g/mol. The first-order valence-corrected chi connectivity index (χ1v) is 11.0. The maximum absolute atomic E-state index is 12.8. The van der Waals surface area contributed by atoms with E-state index in [4.69, 9.17) is 16.3 Å². The molecular formula is C19H17ClN6O2S2. The van der Waals surface area contributed by atoms with E-state index in [9.17, 15) is 4.79 Å².